The lowest BCUT2D eigenvalue weighted by Crippen LogP contribution is -2.13. The molecule has 20 heavy (non-hydrogen) atoms. The molecule has 0 aliphatic heterocycles. The van der Waals surface area contributed by atoms with E-state index >= 15 is 0 Å². The number of carbonyl (C=O) groups is 2. The summed E-state index contributed by atoms with van der Waals surface area (Å²) in [4.78, 5) is 22.5. The highest BCUT2D eigenvalue weighted by molar-refractivity contribution is 14.1. The molecule has 2 aromatic rings. The number of amides is 1. The fourth-order valence-corrected chi connectivity index (χ4v) is 3.35. The molecule has 2 N–H and O–H groups in total. The molecule has 0 fully saturated rings. The Bertz CT molecular complexity index is 647. The molecule has 0 saturated heterocycles. The number of benzene rings is 1. The second kappa shape index (κ2) is 6.99. The molecule has 0 saturated carbocycles. The number of carbonyl (C=O) groups excluding carboxylic acids is 1. The quantitative estimate of drug-likeness (QED) is 0.438. The molecule has 0 aliphatic carbocycles. The van der Waals surface area contributed by atoms with E-state index in [1.54, 1.807) is 12.1 Å². The van der Waals surface area contributed by atoms with Gasteiger partial charge in [0.05, 0.1) is 11.3 Å². The van der Waals surface area contributed by atoms with Gasteiger partial charge in [-0.1, -0.05) is 35.2 Å². The number of hydrogen-bond donors (Lipinski definition) is 2. The van der Waals surface area contributed by atoms with Crippen molar-refractivity contribution in [3.63, 3.8) is 0 Å². The molecule has 0 bridgehead atoms. The third-order valence-electron chi connectivity index (χ3n) is 2.06. The van der Waals surface area contributed by atoms with Crippen LogP contribution in [-0.4, -0.2) is 32.9 Å². The van der Waals surface area contributed by atoms with E-state index in [-0.39, 0.29) is 11.7 Å². The fraction of sp³-hybridized carbons (Fsp3) is 0.0909. The van der Waals surface area contributed by atoms with Crippen LogP contribution in [0.15, 0.2) is 28.6 Å². The van der Waals surface area contributed by atoms with Crippen LogP contribution < -0.4 is 5.32 Å². The van der Waals surface area contributed by atoms with Crippen molar-refractivity contribution in [3.05, 3.63) is 33.4 Å². The Morgan fingerprint density at radius 2 is 2.10 bits per heavy atom. The van der Waals surface area contributed by atoms with E-state index in [1.807, 2.05) is 12.1 Å². The van der Waals surface area contributed by atoms with Gasteiger partial charge in [-0.2, -0.15) is 0 Å². The first-order chi connectivity index (χ1) is 9.56. The van der Waals surface area contributed by atoms with E-state index in [4.69, 9.17) is 5.11 Å². The lowest BCUT2D eigenvalue weighted by molar-refractivity contribution is -0.133. The number of aliphatic carboxylic acids is 1. The van der Waals surface area contributed by atoms with Gasteiger partial charge in [0.25, 0.3) is 5.91 Å². The molecule has 1 aromatic heterocycles. The molecule has 1 heterocycles. The van der Waals surface area contributed by atoms with Gasteiger partial charge < -0.3 is 5.11 Å². The van der Waals surface area contributed by atoms with Gasteiger partial charge in [0.2, 0.25) is 5.13 Å². The average Bonchev–Trinajstić information content (AvgIpc) is 2.84. The maximum atomic E-state index is 12.0. The van der Waals surface area contributed by atoms with Crippen LogP contribution in [0.4, 0.5) is 5.13 Å². The number of carboxylic acid groups (broad SMARTS) is 1. The van der Waals surface area contributed by atoms with Crippen molar-refractivity contribution < 1.29 is 14.7 Å². The summed E-state index contributed by atoms with van der Waals surface area (Å²) in [7, 11) is 0. The molecule has 1 amide bonds. The standard InChI is InChI=1S/C11H8IN3O3S2/c12-7-4-2-1-3-6(7)9(18)13-10-14-15-11(20-10)19-5-8(16)17/h1-4H,5H2,(H,16,17)(H,13,14,18). The van der Waals surface area contributed by atoms with Crippen LogP contribution in [0.1, 0.15) is 10.4 Å². The van der Waals surface area contributed by atoms with Crippen LogP contribution in [-0.2, 0) is 4.79 Å². The summed E-state index contributed by atoms with van der Waals surface area (Å²) in [5, 5.41) is 19.2. The van der Waals surface area contributed by atoms with Crippen LogP contribution in [0.5, 0.6) is 0 Å². The van der Waals surface area contributed by atoms with Gasteiger partial charge in [-0.15, -0.1) is 10.2 Å². The van der Waals surface area contributed by atoms with Gasteiger partial charge in [-0.3, -0.25) is 14.9 Å². The van der Waals surface area contributed by atoms with Crippen LogP contribution in [0.2, 0.25) is 0 Å². The van der Waals surface area contributed by atoms with E-state index in [0.29, 0.717) is 15.0 Å². The number of rotatable bonds is 5. The number of thioether (sulfide) groups is 1. The highest BCUT2D eigenvalue weighted by Crippen LogP contribution is 2.25. The molecule has 104 valence electrons. The number of halogens is 1. The molecule has 9 heteroatoms. The second-order valence-corrected chi connectivity index (χ2v) is 6.85. The Morgan fingerprint density at radius 3 is 2.80 bits per heavy atom. The summed E-state index contributed by atoms with van der Waals surface area (Å²) in [6.07, 6.45) is 0. The molecule has 0 aliphatic rings. The Kier molecular flexibility index (Phi) is 5.31. The third kappa shape index (κ3) is 4.15. The normalized spacial score (nSPS) is 10.2. The van der Waals surface area contributed by atoms with Gasteiger partial charge >= 0.3 is 5.97 Å². The van der Waals surface area contributed by atoms with Crippen molar-refractivity contribution in [3.8, 4) is 0 Å². The maximum Gasteiger partial charge on any atom is 0.313 e. The second-order valence-electron chi connectivity index (χ2n) is 3.49. The lowest BCUT2D eigenvalue weighted by Gasteiger charge is -2.02. The molecule has 2 rings (SSSR count). The predicted molar refractivity (Wildman–Crippen MR) is 85.4 cm³/mol. The van der Waals surface area contributed by atoms with Gasteiger partial charge in [0, 0.05) is 3.57 Å². The summed E-state index contributed by atoms with van der Waals surface area (Å²) in [5.74, 6) is -1.27. The van der Waals surface area contributed by atoms with E-state index in [2.05, 4.69) is 38.1 Å². The molecule has 1 aromatic carbocycles. The van der Waals surface area contributed by atoms with E-state index < -0.39 is 5.97 Å². The minimum absolute atomic E-state index is 0.0842. The van der Waals surface area contributed by atoms with Crippen molar-refractivity contribution in [1.29, 1.82) is 0 Å². The first-order valence-corrected chi connectivity index (χ1v) is 8.18. The highest BCUT2D eigenvalue weighted by atomic mass is 127. The number of carboxylic acids is 1. The van der Waals surface area contributed by atoms with Gasteiger partial charge in [0.15, 0.2) is 4.34 Å². The summed E-state index contributed by atoms with van der Waals surface area (Å²) in [6.45, 7) is 0. The maximum absolute atomic E-state index is 12.0. The Hall–Kier alpha value is -1.20. The van der Waals surface area contributed by atoms with E-state index in [0.717, 1.165) is 26.7 Å². The minimum atomic E-state index is -0.922. The molecule has 0 atom stereocenters. The Labute approximate surface area is 136 Å². The van der Waals surface area contributed by atoms with Crippen LogP contribution >= 0.6 is 45.7 Å². The van der Waals surface area contributed by atoms with Gasteiger partial charge in [-0.05, 0) is 34.7 Å². The van der Waals surface area contributed by atoms with Gasteiger partial charge in [0.1, 0.15) is 0 Å². The van der Waals surface area contributed by atoms with Crippen molar-refractivity contribution >= 4 is 62.7 Å². The molecule has 0 radical (unpaired) electrons. The predicted octanol–water partition coefficient (Wildman–Crippen LogP) is 2.57. The molecule has 0 spiro atoms. The zero-order valence-electron chi connectivity index (χ0n) is 9.87. The number of aromatic nitrogens is 2. The van der Waals surface area contributed by atoms with E-state index in [1.165, 1.54) is 0 Å². The van der Waals surface area contributed by atoms with Crippen molar-refractivity contribution in [2.75, 3.05) is 11.1 Å². The first kappa shape index (κ1) is 15.2. The van der Waals surface area contributed by atoms with Crippen molar-refractivity contribution in [2.45, 2.75) is 4.34 Å². The number of nitrogens with zero attached hydrogens (tertiary/aromatic N) is 2. The Morgan fingerprint density at radius 1 is 1.35 bits per heavy atom. The summed E-state index contributed by atoms with van der Waals surface area (Å²) < 4.78 is 1.35. The van der Waals surface area contributed by atoms with Crippen molar-refractivity contribution in [2.24, 2.45) is 0 Å². The SMILES string of the molecule is O=C(O)CSc1nnc(NC(=O)c2ccccc2I)s1. The molecule has 6 nitrogen and oxygen atoms in total. The van der Waals surface area contributed by atoms with Crippen LogP contribution in [0.3, 0.4) is 0 Å². The summed E-state index contributed by atoms with van der Waals surface area (Å²) in [6, 6.07) is 7.19. The van der Waals surface area contributed by atoms with Gasteiger partial charge in [-0.25, -0.2) is 0 Å². The van der Waals surface area contributed by atoms with E-state index in [9.17, 15) is 9.59 Å². The largest absolute Gasteiger partial charge is 0.481 e. The molecular weight excluding hydrogens is 413 g/mol. The summed E-state index contributed by atoms with van der Waals surface area (Å²) >= 11 is 4.30. The minimum Gasteiger partial charge on any atom is -0.481 e. The van der Waals surface area contributed by atoms with Crippen LogP contribution in [0.25, 0.3) is 0 Å². The smallest absolute Gasteiger partial charge is 0.313 e. The molecule has 0 unspecified atom stereocenters. The Balaban J connectivity index is 2.02. The first-order valence-electron chi connectivity index (χ1n) is 5.30. The van der Waals surface area contributed by atoms with Crippen molar-refractivity contribution in [1.82, 2.24) is 10.2 Å². The lowest BCUT2D eigenvalue weighted by atomic mass is 10.2. The zero-order chi connectivity index (χ0) is 14.5. The number of nitrogens with one attached hydrogen (secondary N) is 1. The summed E-state index contributed by atoms with van der Waals surface area (Å²) in [5.41, 5.74) is 0.558. The fourth-order valence-electron chi connectivity index (χ4n) is 1.25. The zero-order valence-corrected chi connectivity index (χ0v) is 13.7. The average molecular weight is 421 g/mol. The monoisotopic (exact) mass is 421 g/mol. The topological polar surface area (TPSA) is 92.2 Å². The third-order valence-corrected chi connectivity index (χ3v) is 4.96. The highest BCUT2D eigenvalue weighted by Gasteiger charge is 2.13. The number of hydrogen-bond acceptors (Lipinski definition) is 6. The molecular formula is C11H8IN3O3S2. The van der Waals surface area contributed by atoms with Crippen LogP contribution in [0, 0.1) is 3.57 Å². The number of anilines is 1.